The van der Waals surface area contributed by atoms with Gasteiger partial charge in [-0.3, -0.25) is 4.90 Å². The fraction of sp³-hybridized carbons (Fsp3) is 1.00. The summed E-state index contributed by atoms with van der Waals surface area (Å²) in [5.74, 6) is 2.28. The Morgan fingerprint density at radius 1 is 1.35 bits per heavy atom. The monoisotopic (exact) mass is 256 g/mol. The molecular weight excluding hydrogens is 228 g/mol. The number of rotatable bonds is 3. The molecule has 100 valence electrons. The highest BCUT2D eigenvalue weighted by Gasteiger charge is 2.35. The summed E-state index contributed by atoms with van der Waals surface area (Å²) in [7, 11) is 0. The summed E-state index contributed by atoms with van der Waals surface area (Å²) in [5, 5.41) is 0.802. The van der Waals surface area contributed by atoms with E-state index in [-0.39, 0.29) is 0 Å². The Kier molecular flexibility index (Phi) is 5.19. The van der Waals surface area contributed by atoms with Crippen LogP contribution in [-0.4, -0.2) is 41.1 Å². The number of likely N-dealkylation sites (tertiary alicyclic amines) is 1. The molecule has 0 aromatic rings. The van der Waals surface area contributed by atoms with Crippen LogP contribution in [0.25, 0.3) is 0 Å². The zero-order chi connectivity index (χ0) is 12.3. The zero-order valence-electron chi connectivity index (χ0n) is 11.4. The number of piperidine rings is 1. The summed E-state index contributed by atoms with van der Waals surface area (Å²) in [6.07, 6.45) is 6.84. The molecule has 0 spiro atoms. The van der Waals surface area contributed by atoms with Crippen molar-refractivity contribution in [3.8, 4) is 0 Å². The van der Waals surface area contributed by atoms with E-state index in [2.05, 4.69) is 30.5 Å². The maximum atomic E-state index is 6.01. The molecule has 0 aromatic heterocycles. The predicted molar refractivity (Wildman–Crippen MR) is 77.5 cm³/mol. The molecule has 0 aliphatic carbocycles. The van der Waals surface area contributed by atoms with Gasteiger partial charge in [-0.2, -0.15) is 11.8 Å². The van der Waals surface area contributed by atoms with Gasteiger partial charge < -0.3 is 5.73 Å². The second-order valence-electron chi connectivity index (χ2n) is 5.71. The van der Waals surface area contributed by atoms with Gasteiger partial charge in [0.05, 0.1) is 0 Å². The standard InChI is InChI=1S/C14H28N2S/c1-3-12-6-7-16(13(9-12)10-15)14-5-4-8-17-11(14)2/h11-14H,3-10,15H2,1-2H3. The zero-order valence-corrected chi connectivity index (χ0v) is 12.2. The molecule has 0 radical (unpaired) electrons. The Hall–Kier alpha value is 0.270. The summed E-state index contributed by atoms with van der Waals surface area (Å²) in [6, 6.07) is 1.44. The molecule has 2 nitrogen and oxygen atoms in total. The molecule has 2 N–H and O–H groups in total. The largest absolute Gasteiger partial charge is 0.329 e. The quantitative estimate of drug-likeness (QED) is 0.842. The van der Waals surface area contributed by atoms with Gasteiger partial charge in [0.2, 0.25) is 0 Å². The van der Waals surface area contributed by atoms with Crippen molar-refractivity contribution < 1.29 is 0 Å². The average molecular weight is 256 g/mol. The molecule has 2 rings (SSSR count). The molecule has 0 saturated carbocycles. The van der Waals surface area contributed by atoms with E-state index < -0.39 is 0 Å². The number of thioether (sulfide) groups is 1. The van der Waals surface area contributed by atoms with E-state index >= 15 is 0 Å². The molecule has 17 heavy (non-hydrogen) atoms. The van der Waals surface area contributed by atoms with E-state index in [1.54, 1.807) is 0 Å². The lowest BCUT2D eigenvalue weighted by atomic mass is 9.87. The molecule has 0 bridgehead atoms. The highest BCUT2D eigenvalue weighted by Crippen LogP contribution is 2.34. The van der Waals surface area contributed by atoms with Crippen LogP contribution in [0.1, 0.15) is 46.0 Å². The molecule has 0 aromatic carbocycles. The summed E-state index contributed by atoms with van der Waals surface area (Å²) < 4.78 is 0. The third-order valence-corrected chi connectivity index (χ3v) is 6.08. The summed E-state index contributed by atoms with van der Waals surface area (Å²) in [4.78, 5) is 2.75. The van der Waals surface area contributed by atoms with Crippen molar-refractivity contribution in [1.29, 1.82) is 0 Å². The fourth-order valence-electron chi connectivity index (χ4n) is 3.53. The van der Waals surface area contributed by atoms with Crippen molar-refractivity contribution in [1.82, 2.24) is 4.90 Å². The first-order valence-electron chi connectivity index (χ1n) is 7.33. The minimum atomic E-state index is 0.653. The van der Waals surface area contributed by atoms with Crippen molar-refractivity contribution in [2.24, 2.45) is 11.7 Å². The van der Waals surface area contributed by atoms with Crippen molar-refractivity contribution in [3.63, 3.8) is 0 Å². The molecule has 2 fully saturated rings. The molecular formula is C14H28N2S. The highest BCUT2D eigenvalue weighted by atomic mass is 32.2. The third-order valence-electron chi connectivity index (χ3n) is 4.71. The molecule has 4 atom stereocenters. The summed E-state index contributed by atoms with van der Waals surface area (Å²) in [6.45, 7) is 6.88. The van der Waals surface area contributed by atoms with Gasteiger partial charge in [-0.25, -0.2) is 0 Å². The first-order chi connectivity index (χ1) is 8.26. The van der Waals surface area contributed by atoms with Gasteiger partial charge >= 0.3 is 0 Å². The van der Waals surface area contributed by atoms with Gasteiger partial charge in [-0.05, 0) is 43.9 Å². The van der Waals surface area contributed by atoms with Crippen LogP contribution >= 0.6 is 11.8 Å². The van der Waals surface area contributed by atoms with Gasteiger partial charge in [0, 0.05) is 23.9 Å². The van der Waals surface area contributed by atoms with Crippen LogP contribution in [0.4, 0.5) is 0 Å². The SMILES string of the molecule is CCC1CCN(C2CCCSC2C)C(CN)C1. The maximum Gasteiger partial charge on any atom is 0.0224 e. The number of hydrogen-bond donors (Lipinski definition) is 1. The van der Waals surface area contributed by atoms with E-state index in [0.717, 1.165) is 23.8 Å². The Morgan fingerprint density at radius 2 is 2.18 bits per heavy atom. The molecule has 2 aliphatic heterocycles. The lowest BCUT2D eigenvalue weighted by Gasteiger charge is -2.46. The van der Waals surface area contributed by atoms with Crippen LogP contribution in [0.3, 0.4) is 0 Å². The van der Waals surface area contributed by atoms with Crippen molar-refractivity contribution >= 4 is 11.8 Å². The highest BCUT2D eigenvalue weighted by molar-refractivity contribution is 7.99. The van der Waals surface area contributed by atoms with Gasteiger partial charge in [0.15, 0.2) is 0 Å². The first kappa shape index (κ1) is 13.7. The lowest BCUT2D eigenvalue weighted by Crippen LogP contribution is -2.54. The van der Waals surface area contributed by atoms with Gasteiger partial charge in [0.1, 0.15) is 0 Å². The van der Waals surface area contributed by atoms with E-state index in [9.17, 15) is 0 Å². The van der Waals surface area contributed by atoms with Gasteiger partial charge in [-0.1, -0.05) is 20.3 Å². The molecule has 0 amide bonds. The molecule has 2 saturated heterocycles. The normalized spacial score (nSPS) is 40.4. The third kappa shape index (κ3) is 3.18. The van der Waals surface area contributed by atoms with E-state index in [1.165, 1.54) is 44.4 Å². The van der Waals surface area contributed by atoms with Crippen LogP contribution in [0, 0.1) is 5.92 Å². The summed E-state index contributed by atoms with van der Waals surface area (Å²) in [5.41, 5.74) is 6.01. The molecule has 3 heteroatoms. The Balaban J connectivity index is 1.98. The van der Waals surface area contributed by atoms with Crippen LogP contribution in [-0.2, 0) is 0 Å². The Labute approximate surface area is 111 Å². The fourth-order valence-corrected chi connectivity index (χ4v) is 4.75. The predicted octanol–water partition coefficient (Wildman–Crippen LogP) is 2.72. The topological polar surface area (TPSA) is 29.3 Å². The first-order valence-corrected chi connectivity index (χ1v) is 8.38. The average Bonchev–Trinajstić information content (AvgIpc) is 2.38. The Bertz CT molecular complexity index is 234. The van der Waals surface area contributed by atoms with E-state index in [1.807, 2.05) is 0 Å². The number of nitrogens with two attached hydrogens (primary N) is 1. The molecule has 4 unspecified atom stereocenters. The molecule has 2 aliphatic rings. The van der Waals surface area contributed by atoms with Crippen molar-refractivity contribution in [2.75, 3.05) is 18.8 Å². The lowest BCUT2D eigenvalue weighted by molar-refractivity contribution is 0.0649. The van der Waals surface area contributed by atoms with Crippen LogP contribution < -0.4 is 5.73 Å². The number of hydrogen-bond acceptors (Lipinski definition) is 3. The van der Waals surface area contributed by atoms with E-state index in [4.69, 9.17) is 5.73 Å². The van der Waals surface area contributed by atoms with Gasteiger partial charge in [0.25, 0.3) is 0 Å². The minimum absolute atomic E-state index is 0.653. The second kappa shape index (κ2) is 6.44. The maximum absolute atomic E-state index is 6.01. The smallest absolute Gasteiger partial charge is 0.0224 e. The van der Waals surface area contributed by atoms with Crippen molar-refractivity contribution in [2.45, 2.75) is 63.3 Å². The van der Waals surface area contributed by atoms with Crippen LogP contribution in [0.15, 0.2) is 0 Å². The van der Waals surface area contributed by atoms with Crippen LogP contribution in [0.5, 0.6) is 0 Å². The minimum Gasteiger partial charge on any atom is -0.329 e. The second-order valence-corrected chi connectivity index (χ2v) is 7.20. The van der Waals surface area contributed by atoms with E-state index in [0.29, 0.717) is 6.04 Å². The van der Waals surface area contributed by atoms with Gasteiger partial charge in [-0.15, -0.1) is 0 Å². The van der Waals surface area contributed by atoms with Crippen LogP contribution in [0.2, 0.25) is 0 Å². The molecule has 2 heterocycles. The Morgan fingerprint density at radius 3 is 2.82 bits per heavy atom. The number of nitrogens with zero attached hydrogens (tertiary/aromatic N) is 1. The summed E-state index contributed by atoms with van der Waals surface area (Å²) >= 11 is 2.16. The van der Waals surface area contributed by atoms with Crippen molar-refractivity contribution in [3.05, 3.63) is 0 Å².